The third-order valence-corrected chi connectivity index (χ3v) is 4.31. The Morgan fingerprint density at radius 3 is 2.52 bits per heavy atom. The number of fused-ring (bicyclic) bond motifs is 1. The summed E-state index contributed by atoms with van der Waals surface area (Å²) < 4.78 is 0. The lowest BCUT2D eigenvalue weighted by molar-refractivity contribution is 0.0693. The lowest BCUT2D eigenvalue weighted by Crippen LogP contribution is -2.40. The van der Waals surface area contributed by atoms with E-state index in [0.717, 1.165) is 36.7 Å². The van der Waals surface area contributed by atoms with Gasteiger partial charge in [0.25, 0.3) is 5.91 Å². The number of benzene rings is 2. The topological polar surface area (TPSA) is 66.6 Å². The number of carbonyl (C=O) groups is 1. The molecule has 1 amide bonds. The van der Waals surface area contributed by atoms with Gasteiger partial charge in [0.15, 0.2) is 0 Å². The van der Waals surface area contributed by atoms with Crippen molar-refractivity contribution in [3.8, 4) is 5.75 Å². The fraction of sp³-hybridized carbons (Fsp3) is 0.353. The summed E-state index contributed by atoms with van der Waals surface area (Å²) in [4.78, 5) is 14.5. The number of rotatable bonds is 2. The Hall–Kier alpha value is -2.07. The van der Waals surface area contributed by atoms with Crippen LogP contribution < -0.4 is 5.73 Å². The standard InChI is InChI=1S/C17H20N2O2/c18-11-12-5-7-19(8-6-12)17(21)15-2-1-14-10-16(20)4-3-13(14)9-15/h1-4,9-10,12,20H,5-8,11,18H2. The Bertz CT molecular complexity index is 661. The maximum atomic E-state index is 12.6. The Morgan fingerprint density at radius 1 is 1.14 bits per heavy atom. The molecule has 0 spiro atoms. The molecule has 0 aromatic heterocycles. The minimum atomic E-state index is 0.0837. The Kier molecular flexibility index (Phi) is 3.80. The maximum Gasteiger partial charge on any atom is 0.253 e. The van der Waals surface area contributed by atoms with Gasteiger partial charge in [-0.3, -0.25) is 4.79 Å². The lowest BCUT2D eigenvalue weighted by atomic mass is 9.96. The third kappa shape index (κ3) is 2.85. The van der Waals surface area contributed by atoms with Gasteiger partial charge in [0.2, 0.25) is 0 Å². The van der Waals surface area contributed by atoms with E-state index in [4.69, 9.17) is 5.73 Å². The average molecular weight is 284 g/mol. The molecule has 0 aliphatic carbocycles. The molecule has 1 aliphatic rings. The van der Waals surface area contributed by atoms with Crippen LogP contribution in [0.25, 0.3) is 10.8 Å². The van der Waals surface area contributed by atoms with Crippen LogP contribution in [-0.2, 0) is 0 Å². The second-order valence-electron chi connectivity index (χ2n) is 5.72. The summed E-state index contributed by atoms with van der Waals surface area (Å²) in [5, 5.41) is 11.4. The van der Waals surface area contributed by atoms with E-state index in [1.807, 2.05) is 29.2 Å². The van der Waals surface area contributed by atoms with E-state index in [1.165, 1.54) is 0 Å². The van der Waals surface area contributed by atoms with E-state index >= 15 is 0 Å². The zero-order chi connectivity index (χ0) is 14.8. The van der Waals surface area contributed by atoms with Crippen molar-refractivity contribution in [2.75, 3.05) is 19.6 Å². The van der Waals surface area contributed by atoms with Crippen molar-refractivity contribution < 1.29 is 9.90 Å². The highest BCUT2D eigenvalue weighted by atomic mass is 16.3. The van der Waals surface area contributed by atoms with Crippen LogP contribution in [0.3, 0.4) is 0 Å². The van der Waals surface area contributed by atoms with Crippen LogP contribution in [0.2, 0.25) is 0 Å². The molecular formula is C17H20N2O2. The van der Waals surface area contributed by atoms with Crippen LogP contribution in [0.4, 0.5) is 0 Å². The number of carbonyl (C=O) groups excluding carboxylic acids is 1. The maximum absolute atomic E-state index is 12.6. The lowest BCUT2D eigenvalue weighted by Gasteiger charge is -2.31. The molecule has 4 heteroatoms. The fourth-order valence-corrected chi connectivity index (χ4v) is 2.92. The number of hydrogen-bond donors (Lipinski definition) is 2. The third-order valence-electron chi connectivity index (χ3n) is 4.31. The van der Waals surface area contributed by atoms with E-state index < -0.39 is 0 Å². The van der Waals surface area contributed by atoms with Gasteiger partial charge in [0.05, 0.1) is 0 Å². The summed E-state index contributed by atoms with van der Waals surface area (Å²) in [6, 6.07) is 10.8. The van der Waals surface area contributed by atoms with Gasteiger partial charge in [-0.25, -0.2) is 0 Å². The Balaban J connectivity index is 1.80. The number of hydrogen-bond acceptors (Lipinski definition) is 3. The molecule has 2 aromatic rings. The molecule has 1 heterocycles. The van der Waals surface area contributed by atoms with Gasteiger partial charge in [0, 0.05) is 18.7 Å². The first kappa shape index (κ1) is 13.9. The van der Waals surface area contributed by atoms with Crippen molar-refractivity contribution in [2.24, 2.45) is 11.7 Å². The second kappa shape index (κ2) is 5.74. The summed E-state index contributed by atoms with van der Waals surface area (Å²) in [7, 11) is 0. The number of nitrogens with two attached hydrogens (primary N) is 1. The van der Waals surface area contributed by atoms with Crippen molar-refractivity contribution in [1.82, 2.24) is 4.90 Å². The van der Waals surface area contributed by atoms with E-state index in [-0.39, 0.29) is 11.7 Å². The molecule has 2 aromatic carbocycles. The van der Waals surface area contributed by atoms with Gasteiger partial charge in [-0.1, -0.05) is 12.1 Å². The molecule has 1 fully saturated rings. The monoisotopic (exact) mass is 284 g/mol. The molecule has 21 heavy (non-hydrogen) atoms. The highest BCUT2D eigenvalue weighted by molar-refractivity contribution is 5.98. The zero-order valence-corrected chi connectivity index (χ0v) is 12.0. The van der Waals surface area contributed by atoms with E-state index in [9.17, 15) is 9.90 Å². The molecule has 0 bridgehead atoms. The number of nitrogens with zero attached hydrogens (tertiary/aromatic N) is 1. The van der Waals surface area contributed by atoms with Crippen molar-refractivity contribution in [1.29, 1.82) is 0 Å². The quantitative estimate of drug-likeness (QED) is 0.889. The number of likely N-dealkylation sites (tertiary alicyclic amines) is 1. The first-order valence-corrected chi connectivity index (χ1v) is 7.39. The molecule has 1 saturated heterocycles. The summed E-state index contributed by atoms with van der Waals surface area (Å²) in [6.45, 7) is 2.28. The molecule has 1 aliphatic heterocycles. The SMILES string of the molecule is NCC1CCN(C(=O)c2ccc3cc(O)ccc3c2)CC1. The van der Waals surface area contributed by atoms with E-state index in [2.05, 4.69) is 0 Å². The Morgan fingerprint density at radius 2 is 1.81 bits per heavy atom. The number of piperidine rings is 1. The molecule has 110 valence electrons. The van der Waals surface area contributed by atoms with Crippen LogP contribution in [0.5, 0.6) is 5.75 Å². The predicted octanol–water partition coefficient (Wildman–Crippen LogP) is 2.36. The smallest absolute Gasteiger partial charge is 0.253 e. The molecule has 4 nitrogen and oxygen atoms in total. The van der Waals surface area contributed by atoms with Crippen LogP contribution >= 0.6 is 0 Å². The molecular weight excluding hydrogens is 264 g/mol. The van der Waals surface area contributed by atoms with Crippen LogP contribution in [0.1, 0.15) is 23.2 Å². The summed E-state index contributed by atoms with van der Waals surface area (Å²) >= 11 is 0. The van der Waals surface area contributed by atoms with Crippen molar-refractivity contribution in [3.63, 3.8) is 0 Å². The molecule has 3 rings (SSSR count). The normalized spacial score (nSPS) is 16.3. The largest absolute Gasteiger partial charge is 0.508 e. The van der Waals surface area contributed by atoms with Gasteiger partial charge < -0.3 is 15.7 Å². The van der Waals surface area contributed by atoms with E-state index in [0.29, 0.717) is 18.0 Å². The first-order chi connectivity index (χ1) is 10.2. The van der Waals surface area contributed by atoms with Gasteiger partial charge in [-0.2, -0.15) is 0 Å². The van der Waals surface area contributed by atoms with Gasteiger partial charge in [-0.05, 0) is 60.3 Å². The first-order valence-electron chi connectivity index (χ1n) is 7.39. The zero-order valence-electron chi connectivity index (χ0n) is 12.0. The van der Waals surface area contributed by atoms with Gasteiger partial charge >= 0.3 is 0 Å². The Labute approximate surface area is 124 Å². The predicted molar refractivity (Wildman–Crippen MR) is 83.3 cm³/mol. The van der Waals surface area contributed by atoms with Crippen molar-refractivity contribution >= 4 is 16.7 Å². The molecule has 0 radical (unpaired) electrons. The van der Waals surface area contributed by atoms with E-state index in [1.54, 1.807) is 12.1 Å². The summed E-state index contributed by atoms with van der Waals surface area (Å²) in [5.74, 6) is 0.875. The highest BCUT2D eigenvalue weighted by Gasteiger charge is 2.22. The van der Waals surface area contributed by atoms with Crippen LogP contribution in [0, 0.1) is 5.92 Å². The van der Waals surface area contributed by atoms with Gasteiger partial charge in [0.1, 0.15) is 5.75 Å². The number of aromatic hydroxyl groups is 1. The number of phenols is 1. The number of amides is 1. The molecule has 0 atom stereocenters. The van der Waals surface area contributed by atoms with Crippen molar-refractivity contribution in [3.05, 3.63) is 42.0 Å². The molecule has 3 N–H and O–H groups in total. The summed E-state index contributed by atoms with van der Waals surface area (Å²) in [5.41, 5.74) is 6.39. The fourth-order valence-electron chi connectivity index (χ4n) is 2.92. The highest BCUT2D eigenvalue weighted by Crippen LogP contribution is 2.23. The van der Waals surface area contributed by atoms with Gasteiger partial charge in [-0.15, -0.1) is 0 Å². The number of phenolic OH excluding ortho intramolecular Hbond substituents is 1. The second-order valence-corrected chi connectivity index (χ2v) is 5.72. The van der Waals surface area contributed by atoms with Crippen LogP contribution in [-0.4, -0.2) is 35.5 Å². The van der Waals surface area contributed by atoms with Crippen LogP contribution in [0.15, 0.2) is 36.4 Å². The molecule has 0 saturated carbocycles. The average Bonchev–Trinajstić information content (AvgIpc) is 2.53. The van der Waals surface area contributed by atoms with Crippen molar-refractivity contribution in [2.45, 2.75) is 12.8 Å². The summed E-state index contributed by atoms with van der Waals surface area (Å²) in [6.07, 6.45) is 1.98. The minimum absolute atomic E-state index is 0.0837. The minimum Gasteiger partial charge on any atom is -0.508 e. The molecule has 0 unspecified atom stereocenters.